The van der Waals surface area contributed by atoms with E-state index in [1.165, 1.54) is 12.8 Å². The number of aromatic amines is 1. The number of benzene rings is 1. The van der Waals surface area contributed by atoms with Crippen LogP contribution in [0.2, 0.25) is 0 Å². The lowest BCUT2D eigenvalue weighted by molar-refractivity contribution is 0.205. The molecule has 0 bridgehead atoms. The number of piperidine rings is 1. The Kier molecular flexibility index (Phi) is 4.87. The lowest BCUT2D eigenvalue weighted by Gasteiger charge is -2.29. The highest BCUT2D eigenvalue weighted by Gasteiger charge is 2.19. The first-order valence-electron chi connectivity index (χ1n) is 9.05. The molecule has 0 atom stereocenters. The molecule has 0 aliphatic carbocycles. The van der Waals surface area contributed by atoms with Crippen LogP contribution < -0.4 is 5.56 Å². The molecule has 136 valence electrons. The van der Waals surface area contributed by atoms with Crippen LogP contribution in [0.15, 0.2) is 46.3 Å². The van der Waals surface area contributed by atoms with Gasteiger partial charge in [0.25, 0.3) is 5.56 Å². The molecule has 0 amide bonds. The van der Waals surface area contributed by atoms with E-state index in [1.807, 2.05) is 24.6 Å². The number of imidazole rings is 1. The summed E-state index contributed by atoms with van der Waals surface area (Å²) >= 11 is 1.67. The summed E-state index contributed by atoms with van der Waals surface area (Å²) in [6.07, 6.45) is 8.21. The largest absolute Gasteiger partial charge is 0.331 e. The Bertz CT molecular complexity index is 969. The molecule has 0 spiro atoms. The Labute approximate surface area is 157 Å². The van der Waals surface area contributed by atoms with E-state index in [0.29, 0.717) is 11.5 Å². The van der Waals surface area contributed by atoms with Crippen molar-refractivity contribution in [3.05, 3.63) is 47.0 Å². The molecule has 6 heteroatoms. The van der Waals surface area contributed by atoms with Gasteiger partial charge in [-0.1, -0.05) is 6.07 Å². The molecule has 1 saturated heterocycles. The summed E-state index contributed by atoms with van der Waals surface area (Å²) in [4.78, 5) is 23.7. The van der Waals surface area contributed by atoms with E-state index < -0.39 is 0 Å². The minimum absolute atomic E-state index is 0.0772. The van der Waals surface area contributed by atoms with Gasteiger partial charge in [-0.3, -0.25) is 4.79 Å². The molecule has 26 heavy (non-hydrogen) atoms. The summed E-state index contributed by atoms with van der Waals surface area (Å²) in [5, 5.41) is 1.03. The fourth-order valence-electron chi connectivity index (χ4n) is 3.70. The van der Waals surface area contributed by atoms with Crippen molar-refractivity contribution < 1.29 is 0 Å². The number of hydrogen-bond donors (Lipinski definition) is 1. The van der Waals surface area contributed by atoms with E-state index >= 15 is 0 Å². The molecule has 1 N–H and O–H groups in total. The van der Waals surface area contributed by atoms with E-state index in [9.17, 15) is 4.79 Å². The maximum Gasteiger partial charge on any atom is 0.259 e. The number of nitrogens with zero attached hydrogens (tertiary/aromatic N) is 3. The van der Waals surface area contributed by atoms with Crippen LogP contribution in [-0.2, 0) is 6.54 Å². The summed E-state index contributed by atoms with van der Waals surface area (Å²) in [7, 11) is 2.18. The summed E-state index contributed by atoms with van der Waals surface area (Å²) in [6.45, 7) is 3.21. The Morgan fingerprint density at radius 1 is 1.27 bits per heavy atom. The van der Waals surface area contributed by atoms with Crippen LogP contribution in [0.1, 0.15) is 12.8 Å². The van der Waals surface area contributed by atoms with Crippen LogP contribution in [0.25, 0.3) is 22.3 Å². The standard InChI is InChI=1S/C20H24N4OS/c1-23-8-5-14(6-9-23)13-24-10-7-21-19(24)17-11-15-3-4-16(26-2)12-18(15)22-20(17)25/h3-4,7,10-12,14H,5-6,8-9,13H2,1-2H3,(H,22,25). The number of fused-ring (bicyclic) bond motifs is 1. The SMILES string of the molecule is CSc1ccc2cc(-c3nccn3CC3CCN(C)CC3)c(=O)[nH]c2c1. The predicted molar refractivity (Wildman–Crippen MR) is 108 cm³/mol. The van der Waals surface area contributed by atoms with Gasteiger partial charge in [-0.2, -0.15) is 0 Å². The van der Waals surface area contributed by atoms with Crippen LogP contribution >= 0.6 is 11.8 Å². The third-order valence-corrected chi connectivity index (χ3v) is 6.03. The van der Waals surface area contributed by atoms with Crippen LogP contribution in [-0.4, -0.2) is 45.8 Å². The zero-order chi connectivity index (χ0) is 18.1. The summed E-state index contributed by atoms with van der Waals surface area (Å²) in [5.74, 6) is 1.41. The van der Waals surface area contributed by atoms with Gasteiger partial charge in [-0.05, 0) is 68.7 Å². The minimum Gasteiger partial charge on any atom is -0.331 e. The van der Waals surface area contributed by atoms with Crippen molar-refractivity contribution in [3.8, 4) is 11.4 Å². The molecule has 5 nitrogen and oxygen atoms in total. The maximum atomic E-state index is 12.7. The molecule has 0 radical (unpaired) electrons. The summed E-state index contributed by atoms with van der Waals surface area (Å²) in [5.41, 5.74) is 1.44. The Morgan fingerprint density at radius 3 is 2.85 bits per heavy atom. The zero-order valence-electron chi connectivity index (χ0n) is 15.2. The molecule has 0 unspecified atom stereocenters. The molecular weight excluding hydrogens is 344 g/mol. The number of rotatable bonds is 4. The third kappa shape index (κ3) is 3.44. The van der Waals surface area contributed by atoms with E-state index in [2.05, 4.69) is 38.6 Å². The highest BCUT2D eigenvalue weighted by atomic mass is 32.2. The number of likely N-dealkylation sites (tertiary alicyclic amines) is 1. The number of pyridine rings is 1. The molecule has 2 aromatic heterocycles. The minimum atomic E-state index is -0.0772. The van der Waals surface area contributed by atoms with E-state index in [1.54, 1.807) is 18.0 Å². The van der Waals surface area contributed by atoms with Crippen molar-refractivity contribution in [1.82, 2.24) is 19.4 Å². The fraction of sp³-hybridized carbons (Fsp3) is 0.400. The first-order valence-corrected chi connectivity index (χ1v) is 10.3. The smallest absolute Gasteiger partial charge is 0.259 e. The second-order valence-corrected chi connectivity index (χ2v) is 7.99. The van der Waals surface area contributed by atoms with Crippen molar-refractivity contribution in [2.45, 2.75) is 24.3 Å². The molecule has 4 rings (SSSR count). The van der Waals surface area contributed by atoms with Crippen molar-refractivity contribution in [1.29, 1.82) is 0 Å². The Morgan fingerprint density at radius 2 is 2.08 bits per heavy atom. The molecular formula is C20H24N4OS. The summed E-state index contributed by atoms with van der Waals surface area (Å²) < 4.78 is 2.14. The van der Waals surface area contributed by atoms with Crippen molar-refractivity contribution in [2.24, 2.45) is 5.92 Å². The number of hydrogen-bond acceptors (Lipinski definition) is 4. The molecule has 1 aliphatic rings. The van der Waals surface area contributed by atoms with Gasteiger partial charge in [0.2, 0.25) is 0 Å². The van der Waals surface area contributed by atoms with Crippen LogP contribution in [0.5, 0.6) is 0 Å². The van der Waals surface area contributed by atoms with E-state index in [0.717, 1.165) is 41.3 Å². The lowest BCUT2D eigenvalue weighted by atomic mass is 9.97. The fourth-order valence-corrected chi connectivity index (χ4v) is 4.14. The average molecular weight is 369 g/mol. The monoisotopic (exact) mass is 368 g/mol. The van der Waals surface area contributed by atoms with E-state index in [4.69, 9.17) is 0 Å². The highest BCUT2D eigenvalue weighted by molar-refractivity contribution is 7.98. The number of nitrogens with one attached hydrogen (secondary N) is 1. The van der Waals surface area contributed by atoms with Gasteiger partial charge in [0, 0.05) is 29.4 Å². The van der Waals surface area contributed by atoms with Gasteiger partial charge >= 0.3 is 0 Å². The van der Waals surface area contributed by atoms with Crippen LogP contribution in [0.3, 0.4) is 0 Å². The summed E-state index contributed by atoms with van der Waals surface area (Å²) in [6, 6.07) is 8.13. The van der Waals surface area contributed by atoms with Crippen molar-refractivity contribution in [2.75, 3.05) is 26.4 Å². The van der Waals surface area contributed by atoms with E-state index in [-0.39, 0.29) is 5.56 Å². The van der Waals surface area contributed by atoms with Crippen molar-refractivity contribution in [3.63, 3.8) is 0 Å². The van der Waals surface area contributed by atoms with Gasteiger partial charge in [0.05, 0.1) is 5.56 Å². The van der Waals surface area contributed by atoms with Gasteiger partial charge in [0.15, 0.2) is 0 Å². The van der Waals surface area contributed by atoms with Gasteiger partial charge in [-0.25, -0.2) is 4.98 Å². The molecule has 3 heterocycles. The molecule has 1 aromatic carbocycles. The van der Waals surface area contributed by atoms with Crippen LogP contribution in [0.4, 0.5) is 0 Å². The first kappa shape index (κ1) is 17.4. The second kappa shape index (κ2) is 7.29. The molecule has 1 fully saturated rings. The Balaban J connectivity index is 1.67. The highest BCUT2D eigenvalue weighted by Crippen LogP contribution is 2.25. The molecule has 3 aromatic rings. The van der Waals surface area contributed by atoms with Gasteiger partial charge in [-0.15, -0.1) is 11.8 Å². The maximum absolute atomic E-state index is 12.7. The molecule has 0 saturated carbocycles. The third-order valence-electron chi connectivity index (χ3n) is 5.30. The van der Waals surface area contributed by atoms with Gasteiger partial charge < -0.3 is 14.5 Å². The Hall–Kier alpha value is -2.05. The second-order valence-electron chi connectivity index (χ2n) is 7.12. The number of aromatic nitrogens is 3. The quantitative estimate of drug-likeness (QED) is 0.717. The molecule has 1 aliphatic heterocycles. The normalized spacial score (nSPS) is 16.4. The predicted octanol–water partition coefficient (Wildman–Crippen LogP) is 3.46. The van der Waals surface area contributed by atoms with Gasteiger partial charge in [0.1, 0.15) is 5.82 Å². The topological polar surface area (TPSA) is 53.9 Å². The first-order chi connectivity index (χ1) is 12.6. The number of thioether (sulfide) groups is 1. The van der Waals surface area contributed by atoms with Crippen molar-refractivity contribution >= 4 is 22.7 Å². The average Bonchev–Trinajstić information content (AvgIpc) is 3.10. The van der Waals surface area contributed by atoms with Crippen LogP contribution in [0, 0.1) is 5.92 Å². The lowest BCUT2D eigenvalue weighted by Crippen LogP contribution is -2.32. The number of H-pyrrole nitrogens is 1. The zero-order valence-corrected chi connectivity index (χ0v) is 16.1.